The van der Waals surface area contributed by atoms with Gasteiger partial charge in [-0.05, 0) is 62.7 Å². The van der Waals surface area contributed by atoms with Crippen LogP contribution < -0.4 is 5.73 Å². The molecule has 27 heavy (non-hydrogen) atoms. The third-order valence-electron chi connectivity index (χ3n) is 5.88. The zero-order valence-corrected chi connectivity index (χ0v) is 17.7. The Hall–Kier alpha value is -2.39. The van der Waals surface area contributed by atoms with E-state index in [9.17, 15) is 5.26 Å². The second-order valence-electron chi connectivity index (χ2n) is 7.62. The van der Waals surface area contributed by atoms with E-state index in [2.05, 4.69) is 67.6 Å². The van der Waals surface area contributed by atoms with Gasteiger partial charge in [-0.1, -0.05) is 57.2 Å². The second-order valence-corrected chi connectivity index (χ2v) is 8.87. The molecule has 3 nitrogen and oxygen atoms in total. The van der Waals surface area contributed by atoms with E-state index in [1.807, 2.05) is 30.3 Å². The van der Waals surface area contributed by atoms with E-state index in [1.54, 1.807) is 0 Å². The molecule has 1 aliphatic rings. The number of benzene rings is 2. The third-order valence-corrected chi connectivity index (χ3v) is 6.55. The van der Waals surface area contributed by atoms with Crippen molar-refractivity contribution in [2.75, 3.05) is 5.73 Å². The van der Waals surface area contributed by atoms with Gasteiger partial charge in [0.25, 0.3) is 0 Å². The van der Waals surface area contributed by atoms with Crippen LogP contribution in [0.2, 0.25) is 0 Å². The summed E-state index contributed by atoms with van der Waals surface area (Å²) in [6.45, 7) is 6.77. The first-order valence-electron chi connectivity index (χ1n) is 8.95. The molecule has 0 spiro atoms. The van der Waals surface area contributed by atoms with Gasteiger partial charge in [0.1, 0.15) is 17.5 Å². The van der Waals surface area contributed by atoms with Crippen molar-refractivity contribution in [2.24, 2.45) is 0 Å². The number of nitrogens with two attached hydrogens (primary N) is 1. The maximum absolute atomic E-state index is 9.84. The molecule has 0 amide bonds. The molecule has 0 bridgehead atoms. The van der Waals surface area contributed by atoms with Crippen LogP contribution in [0.15, 0.2) is 48.5 Å². The molecule has 0 aliphatic heterocycles. The molecule has 0 saturated heterocycles. The number of nitrogen functional groups attached to an aromatic ring is 1. The summed E-state index contributed by atoms with van der Waals surface area (Å²) in [6.07, 6.45) is 0. The van der Waals surface area contributed by atoms with Gasteiger partial charge in [0.2, 0.25) is 0 Å². The Balaban J connectivity index is 2.17. The maximum Gasteiger partial charge on any atom is 0.142 e. The van der Waals surface area contributed by atoms with E-state index >= 15 is 0 Å². The summed E-state index contributed by atoms with van der Waals surface area (Å²) in [5.41, 5.74) is 13.0. The minimum absolute atomic E-state index is 0.0857. The monoisotopic (exact) mass is 465 g/mol. The molecule has 4 heteroatoms. The predicted octanol–water partition coefficient (Wildman–Crippen LogP) is 5.87. The Morgan fingerprint density at radius 1 is 1.15 bits per heavy atom. The number of nitrogens with zero attached hydrogens (tertiary/aromatic N) is 2. The van der Waals surface area contributed by atoms with Gasteiger partial charge in [0.05, 0.1) is 5.69 Å². The van der Waals surface area contributed by atoms with Gasteiger partial charge in [0.15, 0.2) is 0 Å². The van der Waals surface area contributed by atoms with Crippen molar-refractivity contribution in [1.29, 1.82) is 5.26 Å². The summed E-state index contributed by atoms with van der Waals surface area (Å²) in [7, 11) is 0. The number of aromatic nitrogens is 1. The first-order valence-corrected chi connectivity index (χ1v) is 10.0. The van der Waals surface area contributed by atoms with Gasteiger partial charge in [-0.15, -0.1) is 0 Å². The van der Waals surface area contributed by atoms with E-state index in [4.69, 9.17) is 10.7 Å². The number of fused-ring (bicyclic) bond motifs is 3. The number of rotatable bonds is 1. The van der Waals surface area contributed by atoms with Crippen LogP contribution in [0.3, 0.4) is 0 Å². The quantitative estimate of drug-likeness (QED) is 0.458. The number of hydrogen-bond acceptors (Lipinski definition) is 3. The van der Waals surface area contributed by atoms with E-state index in [1.165, 1.54) is 9.13 Å². The molecular weight excluding hydrogens is 445 g/mol. The largest absolute Gasteiger partial charge is 0.383 e. The highest BCUT2D eigenvalue weighted by molar-refractivity contribution is 14.1. The molecule has 0 saturated carbocycles. The van der Waals surface area contributed by atoms with Crippen LogP contribution in [0.1, 0.15) is 43.4 Å². The van der Waals surface area contributed by atoms with Gasteiger partial charge < -0.3 is 5.73 Å². The van der Waals surface area contributed by atoms with Crippen molar-refractivity contribution < 1.29 is 0 Å². The highest BCUT2D eigenvalue weighted by Gasteiger charge is 2.40. The highest BCUT2D eigenvalue weighted by Crippen LogP contribution is 2.53. The second kappa shape index (κ2) is 6.35. The van der Waals surface area contributed by atoms with Gasteiger partial charge in [-0.3, -0.25) is 0 Å². The lowest BCUT2D eigenvalue weighted by Crippen LogP contribution is -2.31. The fourth-order valence-electron chi connectivity index (χ4n) is 4.11. The summed E-state index contributed by atoms with van der Waals surface area (Å²) in [5.74, 6) is 0.486. The van der Waals surface area contributed by atoms with Crippen LogP contribution in [-0.2, 0) is 5.41 Å². The number of anilines is 1. The van der Waals surface area contributed by atoms with Crippen LogP contribution in [0.25, 0.3) is 22.4 Å². The number of nitriles is 1. The molecule has 1 aliphatic carbocycles. The predicted molar refractivity (Wildman–Crippen MR) is 118 cm³/mol. The minimum Gasteiger partial charge on any atom is -0.383 e. The Morgan fingerprint density at radius 3 is 2.52 bits per heavy atom. The summed E-state index contributed by atoms with van der Waals surface area (Å²) < 4.78 is 1.21. The fourth-order valence-corrected chi connectivity index (χ4v) is 4.60. The third kappa shape index (κ3) is 2.64. The summed E-state index contributed by atoms with van der Waals surface area (Å²) in [6, 6.07) is 18.8. The average molecular weight is 465 g/mol. The normalized spacial score (nSPS) is 16.9. The number of pyridine rings is 1. The average Bonchev–Trinajstić information content (AvgIpc) is 2.66. The molecule has 1 aromatic heterocycles. The van der Waals surface area contributed by atoms with Crippen molar-refractivity contribution in [3.63, 3.8) is 0 Å². The lowest BCUT2D eigenvalue weighted by atomic mass is 9.63. The Bertz CT molecular complexity index is 1090. The summed E-state index contributed by atoms with van der Waals surface area (Å²) in [5, 5.41) is 9.84. The Kier molecular flexibility index (Phi) is 4.23. The number of halogens is 1. The first kappa shape index (κ1) is 18.0. The van der Waals surface area contributed by atoms with Gasteiger partial charge in [-0.2, -0.15) is 5.26 Å². The van der Waals surface area contributed by atoms with Crippen LogP contribution in [-0.4, -0.2) is 4.98 Å². The van der Waals surface area contributed by atoms with E-state index in [0.717, 1.165) is 27.9 Å². The molecule has 0 radical (unpaired) electrons. The van der Waals surface area contributed by atoms with Crippen molar-refractivity contribution in [3.8, 4) is 28.5 Å². The maximum atomic E-state index is 9.84. The molecule has 1 heterocycles. The van der Waals surface area contributed by atoms with Crippen LogP contribution in [0.5, 0.6) is 0 Å². The smallest absolute Gasteiger partial charge is 0.142 e. The van der Waals surface area contributed by atoms with Crippen molar-refractivity contribution in [2.45, 2.75) is 32.1 Å². The van der Waals surface area contributed by atoms with E-state index < -0.39 is 0 Å². The molecule has 2 aromatic carbocycles. The molecule has 3 aromatic rings. The van der Waals surface area contributed by atoms with Crippen LogP contribution in [0, 0.1) is 14.9 Å². The highest BCUT2D eigenvalue weighted by atomic mass is 127. The SMILES string of the molecule is CC1c2c(nc(N)c(C#N)c2-c2ccccc2)-c2ccc(I)cc2C1(C)C. The van der Waals surface area contributed by atoms with E-state index in [0.29, 0.717) is 11.4 Å². The fraction of sp³-hybridized carbons (Fsp3) is 0.217. The van der Waals surface area contributed by atoms with E-state index in [-0.39, 0.29) is 11.3 Å². The lowest BCUT2D eigenvalue weighted by Gasteiger charge is -2.41. The zero-order chi connectivity index (χ0) is 19.3. The topological polar surface area (TPSA) is 62.7 Å². The Morgan fingerprint density at radius 2 is 1.85 bits per heavy atom. The minimum atomic E-state index is -0.0857. The van der Waals surface area contributed by atoms with Crippen molar-refractivity contribution in [1.82, 2.24) is 4.98 Å². The summed E-state index contributed by atoms with van der Waals surface area (Å²) >= 11 is 2.36. The Labute approximate surface area is 173 Å². The van der Waals surface area contributed by atoms with Gasteiger partial charge in [-0.25, -0.2) is 4.98 Å². The van der Waals surface area contributed by atoms with Crippen molar-refractivity contribution >= 4 is 28.4 Å². The molecule has 1 atom stereocenters. The standard InChI is InChI=1S/C23H20IN3/c1-13-19-20(14-7-5-4-6-8-14)17(12-25)22(26)27-21(19)16-10-9-15(24)11-18(16)23(13,2)3/h4-11,13H,1-3H3,(H2,26,27). The van der Waals surface area contributed by atoms with Gasteiger partial charge >= 0.3 is 0 Å². The molecule has 134 valence electrons. The molecule has 0 fully saturated rings. The molecule has 2 N–H and O–H groups in total. The van der Waals surface area contributed by atoms with Crippen molar-refractivity contribution in [3.05, 3.63) is 68.8 Å². The number of hydrogen-bond donors (Lipinski definition) is 1. The zero-order valence-electron chi connectivity index (χ0n) is 15.5. The summed E-state index contributed by atoms with van der Waals surface area (Å²) in [4.78, 5) is 4.71. The molecular formula is C23H20IN3. The van der Waals surface area contributed by atoms with Gasteiger partial charge in [0, 0.05) is 14.7 Å². The van der Waals surface area contributed by atoms with Crippen LogP contribution >= 0.6 is 22.6 Å². The first-order chi connectivity index (χ1) is 12.9. The molecule has 4 rings (SSSR count). The van der Waals surface area contributed by atoms with Crippen LogP contribution in [0.4, 0.5) is 5.82 Å². The lowest BCUT2D eigenvalue weighted by molar-refractivity contribution is 0.431. The molecule has 1 unspecified atom stereocenters.